The number of hydrogen-bond acceptors (Lipinski definition) is 2. The Kier molecular flexibility index (Phi) is 7.40. The first-order valence-corrected chi connectivity index (χ1v) is 8.39. The van der Waals surface area contributed by atoms with Crippen molar-refractivity contribution in [3.05, 3.63) is 15.9 Å². The Bertz CT molecular complexity index is 390. The van der Waals surface area contributed by atoms with E-state index >= 15 is 0 Å². The molecule has 5 heteroatoms. The summed E-state index contributed by atoms with van der Waals surface area (Å²) in [5.74, 6) is 1.30. The van der Waals surface area contributed by atoms with Crippen LogP contribution in [0.15, 0.2) is 4.47 Å². The SMILES string of the molecule is CCc1nn(CC)c(CNC(CCl)CC(C)C)c1Br. The van der Waals surface area contributed by atoms with Gasteiger partial charge < -0.3 is 5.32 Å². The second-order valence-electron chi connectivity index (χ2n) is 5.24. The van der Waals surface area contributed by atoms with E-state index < -0.39 is 0 Å². The minimum Gasteiger partial charge on any atom is -0.307 e. The standard InChI is InChI=1S/C14H25BrClN3/c1-5-12-14(15)13(19(6-2)18-12)9-17-11(8-16)7-10(3)4/h10-11,17H,5-9H2,1-4H3. The van der Waals surface area contributed by atoms with E-state index in [9.17, 15) is 0 Å². The van der Waals surface area contributed by atoms with Crippen LogP contribution in [0.5, 0.6) is 0 Å². The molecule has 0 radical (unpaired) electrons. The van der Waals surface area contributed by atoms with E-state index in [4.69, 9.17) is 11.6 Å². The maximum atomic E-state index is 6.03. The van der Waals surface area contributed by atoms with Gasteiger partial charge in [-0.2, -0.15) is 5.10 Å². The van der Waals surface area contributed by atoms with E-state index in [0.717, 1.165) is 36.1 Å². The lowest BCUT2D eigenvalue weighted by Crippen LogP contribution is -2.32. The van der Waals surface area contributed by atoms with E-state index in [0.29, 0.717) is 17.8 Å². The van der Waals surface area contributed by atoms with Gasteiger partial charge in [-0.1, -0.05) is 20.8 Å². The van der Waals surface area contributed by atoms with Gasteiger partial charge in [-0.05, 0) is 41.6 Å². The van der Waals surface area contributed by atoms with Crippen molar-refractivity contribution in [3.63, 3.8) is 0 Å². The monoisotopic (exact) mass is 349 g/mol. The molecule has 1 unspecified atom stereocenters. The minimum absolute atomic E-state index is 0.360. The van der Waals surface area contributed by atoms with Crippen LogP contribution >= 0.6 is 27.5 Å². The molecule has 0 saturated heterocycles. The molecule has 1 atom stereocenters. The fourth-order valence-corrected chi connectivity index (χ4v) is 3.14. The first-order chi connectivity index (χ1) is 9.03. The van der Waals surface area contributed by atoms with Gasteiger partial charge in [-0.3, -0.25) is 4.68 Å². The summed E-state index contributed by atoms with van der Waals surface area (Å²) in [6.45, 7) is 10.4. The molecule has 3 nitrogen and oxygen atoms in total. The van der Waals surface area contributed by atoms with Crippen LogP contribution in [0, 0.1) is 5.92 Å². The molecule has 1 aromatic heterocycles. The van der Waals surface area contributed by atoms with Crippen LogP contribution in [-0.2, 0) is 19.5 Å². The Hall–Kier alpha value is -0.0600. The van der Waals surface area contributed by atoms with Gasteiger partial charge in [0.05, 0.1) is 15.9 Å². The molecular formula is C14H25BrClN3. The molecule has 0 aliphatic carbocycles. The topological polar surface area (TPSA) is 29.9 Å². The highest BCUT2D eigenvalue weighted by atomic mass is 79.9. The fourth-order valence-electron chi connectivity index (χ4n) is 2.20. The summed E-state index contributed by atoms with van der Waals surface area (Å²) in [7, 11) is 0. The summed E-state index contributed by atoms with van der Waals surface area (Å²) >= 11 is 9.70. The number of rotatable bonds is 8. The highest BCUT2D eigenvalue weighted by molar-refractivity contribution is 9.10. The van der Waals surface area contributed by atoms with Crippen LogP contribution in [0.1, 0.15) is 45.5 Å². The van der Waals surface area contributed by atoms with Crippen molar-refractivity contribution in [1.29, 1.82) is 0 Å². The van der Waals surface area contributed by atoms with Crippen molar-refractivity contribution >= 4 is 27.5 Å². The normalized spacial score (nSPS) is 13.2. The smallest absolute Gasteiger partial charge is 0.0767 e. The first kappa shape index (κ1) is 17.0. The second kappa shape index (κ2) is 8.28. The van der Waals surface area contributed by atoms with Gasteiger partial charge in [0.25, 0.3) is 0 Å². The lowest BCUT2D eigenvalue weighted by atomic mass is 10.1. The van der Waals surface area contributed by atoms with Gasteiger partial charge in [-0.25, -0.2) is 0 Å². The third kappa shape index (κ3) is 4.76. The van der Waals surface area contributed by atoms with Crippen LogP contribution in [0.4, 0.5) is 0 Å². The zero-order valence-corrected chi connectivity index (χ0v) is 14.7. The van der Waals surface area contributed by atoms with E-state index in [1.807, 2.05) is 0 Å². The summed E-state index contributed by atoms with van der Waals surface area (Å²) in [4.78, 5) is 0. The average molecular weight is 351 g/mol. The van der Waals surface area contributed by atoms with Crippen LogP contribution in [-0.4, -0.2) is 21.7 Å². The highest BCUT2D eigenvalue weighted by Crippen LogP contribution is 2.22. The molecule has 1 aromatic rings. The van der Waals surface area contributed by atoms with Crippen molar-refractivity contribution in [3.8, 4) is 0 Å². The van der Waals surface area contributed by atoms with Gasteiger partial charge in [-0.15, -0.1) is 11.6 Å². The number of nitrogens with one attached hydrogen (secondary N) is 1. The van der Waals surface area contributed by atoms with E-state index in [2.05, 4.69) is 58.7 Å². The predicted molar refractivity (Wildman–Crippen MR) is 85.8 cm³/mol. The zero-order valence-electron chi connectivity index (χ0n) is 12.3. The number of alkyl halides is 1. The van der Waals surface area contributed by atoms with E-state index in [1.165, 1.54) is 5.69 Å². The number of nitrogens with zero attached hydrogens (tertiary/aromatic N) is 2. The molecule has 1 N–H and O–H groups in total. The number of aromatic nitrogens is 2. The van der Waals surface area contributed by atoms with E-state index in [1.54, 1.807) is 0 Å². The number of aryl methyl sites for hydroxylation is 2. The van der Waals surface area contributed by atoms with Crippen molar-refractivity contribution in [2.75, 3.05) is 5.88 Å². The molecular weight excluding hydrogens is 326 g/mol. The van der Waals surface area contributed by atoms with Gasteiger partial charge >= 0.3 is 0 Å². The summed E-state index contributed by atoms with van der Waals surface area (Å²) in [6, 6.07) is 0.360. The van der Waals surface area contributed by atoms with Gasteiger partial charge in [0.2, 0.25) is 0 Å². The summed E-state index contributed by atoms with van der Waals surface area (Å²) in [5, 5.41) is 8.16. The second-order valence-corrected chi connectivity index (χ2v) is 6.34. The summed E-state index contributed by atoms with van der Waals surface area (Å²) in [6.07, 6.45) is 2.05. The lowest BCUT2D eigenvalue weighted by Gasteiger charge is -2.18. The van der Waals surface area contributed by atoms with Crippen molar-refractivity contribution in [1.82, 2.24) is 15.1 Å². The summed E-state index contributed by atoms with van der Waals surface area (Å²) in [5.41, 5.74) is 2.35. The molecule has 0 spiro atoms. The lowest BCUT2D eigenvalue weighted by molar-refractivity contribution is 0.435. The molecule has 0 aliphatic rings. The van der Waals surface area contributed by atoms with Crippen LogP contribution in [0.25, 0.3) is 0 Å². The fraction of sp³-hybridized carbons (Fsp3) is 0.786. The Morgan fingerprint density at radius 3 is 2.53 bits per heavy atom. The predicted octanol–water partition coefficient (Wildman–Crippen LogP) is 3.97. The Balaban J connectivity index is 2.73. The van der Waals surface area contributed by atoms with Crippen molar-refractivity contribution < 1.29 is 0 Å². The van der Waals surface area contributed by atoms with E-state index in [-0.39, 0.29) is 0 Å². The molecule has 0 aliphatic heterocycles. The van der Waals surface area contributed by atoms with Crippen molar-refractivity contribution in [2.24, 2.45) is 5.92 Å². The molecule has 19 heavy (non-hydrogen) atoms. The maximum absolute atomic E-state index is 6.03. The molecule has 0 aromatic carbocycles. The molecule has 1 rings (SSSR count). The minimum atomic E-state index is 0.360. The van der Waals surface area contributed by atoms with Gasteiger partial charge in [0.15, 0.2) is 0 Å². The quantitative estimate of drug-likeness (QED) is 0.719. The highest BCUT2D eigenvalue weighted by Gasteiger charge is 2.16. The van der Waals surface area contributed by atoms with Crippen LogP contribution in [0.3, 0.4) is 0 Å². The number of hydrogen-bond donors (Lipinski definition) is 1. The van der Waals surface area contributed by atoms with Crippen LogP contribution in [0.2, 0.25) is 0 Å². The van der Waals surface area contributed by atoms with Crippen molar-refractivity contribution in [2.45, 2.75) is 59.7 Å². The van der Waals surface area contributed by atoms with Crippen LogP contribution < -0.4 is 5.32 Å². The third-order valence-electron chi connectivity index (χ3n) is 3.19. The zero-order chi connectivity index (χ0) is 14.4. The average Bonchev–Trinajstić information content (AvgIpc) is 2.70. The first-order valence-electron chi connectivity index (χ1n) is 7.06. The molecule has 0 amide bonds. The largest absolute Gasteiger partial charge is 0.307 e. The Labute approximate surface area is 130 Å². The molecule has 110 valence electrons. The molecule has 0 bridgehead atoms. The van der Waals surface area contributed by atoms with Gasteiger partial charge in [0.1, 0.15) is 0 Å². The van der Waals surface area contributed by atoms with Gasteiger partial charge in [0, 0.05) is 25.0 Å². The molecule has 1 heterocycles. The molecule has 0 saturated carbocycles. The maximum Gasteiger partial charge on any atom is 0.0767 e. The Morgan fingerprint density at radius 2 is 2.05 bits per heavy atom. The molecule has 0 fully saturated rings. The Morgan fingerprint density at radius 1 is 1.37 bits per heavy atom. The summed E-state index contributed by atoms with van der Waals surface area (Å²) < 4.78 is 3.21. The third-order valence-corrected chi connectivity index (χ3v) is 4.48. The number of halogens is 2.